The Kier molecular flexibility index (Phi) is 19.8. The van der Waals surface area contributed by atoms with Crippen molar-refractivity contribution in [2.45, 2.75) is 119 Å². The zero-order chi connectivity index (χ0) is 55.5. The standard InChI is InChI=1S/C31H34N8O2.C31H33N5O2/c1-4-6-12-28-27(30(40)39(21(3)34-28)31-32-19-24(20-33-31)41-17-7-5-2)18-22-13-15-23(16-14-22)25-10-8-9-11-26(25)29-35-37-38-36-29;1-4-6-12-29-28(18-23-13-15-24(16-14-23)27-11-9-8-10-25(27)19-32)30(37)36(22(3)35-29)31-33-20-26(21-34-31)38-17-7-5-2/h8-11,13-16,19-20H,4-7,12,17-18H2,1-3H3,(H,35,36,37,38);8-11,13-16,20-21H,4-7,12,17-18H2,1-3H3. The average Bonchev–Trinajstić information content (AvgIpc) is 4.10. The van der Waals surface area contributed by atoms with Crippen molar-refractivity contribution in [1.29, 1.82) is 5.26 Å². The molecule has 79 heavy (non-hydrogen) atoms. The Morgan fingerprint density at radius 2 is 0.975 bits per heavy atom. The van der Waals surface area contributed by atoms with Gasteiger partial charge in [0.2, 0.25) is 17.7 Å². The van der Waals surface area contributed by atoms with E-state index in [9.17, 15) is 14.9 Å². The molecule has 0 atom stereocenters. The van der Waals surface area contributed by atoms with E-state index in [1.165, 1.54) is 9.13 Å². The predicted molar refractivity (Wildman–Crippen MR) is 306 cm³/mol. The van der Waals surface area contributed by atoms with Gasteiger partial charge >= 0.3 is 0 Å². The van der Waals surface area contributed by atoms with Gasteiger partial charge in [-0.25, -0.2) is 39.0 Å². The van der Waals surface area contributed by atoms with Gasteiger partial charge in [-0.15, -0.1) is 10.2 Å². The number of hydrogen-bond donors (Lipinski definition) is 1. The lowest BCUT2D eigenvalue weighted by Crippen LogP contribution is -2.29. The number of hydrogen-bond acceptors (Lipinski definition) is 14. The fourth-order valence-corrected chi connectivity index (χ4v) is 9.08. The molecule has 9 rings (SSSR count). The summed E-state index contributed by atoms with van der Waals surface area (Å²) in [5.74, 6) is 3.42. The summed E-state index contributed by atoms with van der Waals surface area (Å²) >= 11 is 0. The minimum Gasteiger partial charge on any atom is -0.490 e. The number of aromatic amines is 1. The number of ether oxygens (including phenoxy) is 2. The first-order valence-corrected chi connectivity index (χ1v) is 27.3. The van der Waals surface area contributed by atoms with E-state index >= 15 is 0 Å². The van der Waals surface area contributed by atoms with Crippen molar-refractivity contribution >= 4 is 0 Å². The summed E-state index contributed by atoms with van der Waals surface area (Å²) < 4.78 is 14.3. The second-order valence-corrected chi connectivity index (χ2v) is 19.2. The second kappa shape index (κ2) is 27.8. The molecule has 5 aromatic heterocycles. The maximum atomic E-state index is 13.9. The van der Waals surface area contributed by atoms with Crippen LogP contribution in [0, 0.1) is 25.2 Å². The summed E-state index contributed by atoms with van der Waals surface area (Å²) in [6.07, 6.45) is 16.7. The first-order chi connectivity index (χ1) is 38.6. The molecule has 0 amide bonds. The van der Waals surface area contributed by atoms with E-state index in [4.69, 9.17) is 19.4 Å². The van der Waals surface area contributed by atoms with Crippen LogP contribution in [0.15, 0.2) is 131 Å². The lowest BCUT2D eigenvalue weighted by atomic mass is 9.96. The van der Waals surface area contributed by atoms with Crippen molar-refractivity contribution in [1.82, 2.24) is 59.7 Å². The fraction of sp³-hybridized carbons (Fsp3) is 0.323. The first-order valence-electron chi connectivity index (χ1n) is 27.3. The molecule has 0 aliphatic heterocycles. The summed E-state index contributed by atoms with van der Waals surface area (Å²) in [6, 6.07) is 34.0. The predicted octanol–water partition coefficient (Wildman–Crippen LogP) is 11.3. The van der Waals surface area contributed by atoms with Gasteiger partial charge in [0.05, 0.1) is 61.0 Å². The molecular weight excluding hydrogens is 991 g/mol. The molecule has 0 aliphatic rings. The van der Waals surface area contributed by atoms with Gasteiger partial charge in [-0.2, -0.15) is 10.5 Å². The van der Waals surface area contributed by atoms with Gasteiger partial charge in [-0.3, -0.25) is 9.59 Å². The molecule has 404 valence electrons. The SMILES string of the molecule is CCCCOc1cnc(-n2c(C)nc(CCCC)c(Cc3ccc(-c4ccccc4-c4nn[nH]n4)cc3)c2=O)nc1.CCCCOc1cnc(-n2c(C)nc(CCCC)c(Cc3ccc(-c4ccccc4C#N)cc3)c2=O)nc1. The van der Waals surface area contributed by atoms with Crippen LogP contribution in [0.4, 0.5) is 0 Å². The lowest BCUT2D eigenvalue weighted by Gasteiger charge is -2.15. The van der Waals surface area contributed by atoms with Gasteiger partial charge in [0, 0.05) is 29.5 Å². The van der Waals surface area contributed by atoms with Crippen molar-refractivity contribution in [3.8, 4) is 63.1 Å². The maximum Gasteiger partial charge on any atom is 0.264 e. The normalized spacial score (nSPS) is 10.9. The van der Waals surface area contributed by atoms with Gasteiger partial charge in [0.25, 0.3) is 11.1 Å². The number of unbranched alkanes of at least 4 members (excludes halogenated alkanes) is 4. The number of aromatic nitrogens is 12. The summed E-state index contributed by atoms with van der Waals surface area (Å²) in [6.45, 7) is 13.3. The number of nitrogens with zero attached hydrogens (tertiary/aromatic N) is 12. The molecule has 17 nitrogen and oxygen atoms in total. The average molecular weight is 1060 g/mol. The van der Waals surface area contributed by atoms with E-state index in [0.29, 0.717) is 77.7 Å². The number of nitrogens with one attached hydrogen (secondary N) is 1. The van der Waals surface area contributed by atoms with Gasteiger partial charge in [-0.05, 0) is 97.0 Å². The molecule has 1 N–H and O–H groups in total. The lowest BCUT2D eigenvalue weighted by molar-refractivity contribution is 0.306. The van der Waals surface area contributed by atoms with Crippen molar-refractivity contribution in [3.05, 3.63) is 193 Å². The van der Waals surface area contributed by atoms with E-state index in [1.807, 2.05) is 86.6 Å². The Morgan fingerprint density at radius 1 is 0.544 bits per heavy atom. The van der Waals surface area contributed by atoms with Gasteiger partial charge < -0.3 is 9.47 Å². The van der Waals surface area contributed by atoms with E-state index in [2.05, 4.69) is 98.6 Å². The number of nitriles is 1. The van der Waals surface area contributed by atoms with Crippen LogP contribution in [0.3, 0.4) is 0 Å². The number of tetrazole rings is 1. The van der Waals surface area contributed by atoms with Gasteiger partial charge in [0.1, 0.15) is 11.6 Å². The molecular formula is C62H67N13O4. The number of benzene rings is 4. The van der Waals surface area contributed by atoms with E-state index < -0.39 is 0 Å². The summed E-state index contributed by atoms with van der Waals surface area (Å²) in [7, 11) is 0. The third-order valence-corrected chi connectivity index (χ3v) is 13.4. The highest BCUT2D eigenvalue weighted by Gasteiger charge is 2.21. The smallest absolute Gasteiger partial charge is 0.264 e. The van der Waals surface area contributed by atoms with Crippen molar-refractivity contribution in [2.75, 3.05) is 13.2 Å². The van der Waals surface area contributed by atoms with Crippen LogP contribution in [-0.2, 0) is 25.7 Å². The molecule has 9 aromatic rings. The fourth-order valence-electron chi connectivity index (χ4n) is 9.08. The van der Waals surface area contributed by atoms with Crippen molar-refractivity contribution in [2.24, 2.45) is 0 Å². The quantitative estimate of drug-likeness (QED) is 0.0590. The van der Waals surface area contributed by atoms with Crippen molar-refractivity contribution < 1.29 is 9.47 Å². The number of aryl methyl sites for hydroxylation is 4. The van der Waals surface area contributed by atoms with E-state index in [-0.39, 0.29) is 17.1 Å². The Labute approximate surface area is 460 Å². The molecule has 0 saturated heterocycles. The van der Waals surface area contributed by atoms with Crippen LogP contribution >= 0.6 is 0 Å². The monoisotopic (exact) mass is 1060 g/mol. The topological polar surface area (TPSA) is 218 Å². The molecule has 5 heterocycles. The molecule has 4 aromatic carbocycles. The Bertz CT molecular complexity index is 3570. The minimum absolute atomic E-state index is 0.144. The minimum atomic E-state index is -0.151. The van der Waals surface area contributed by atoms with Crippen LogP contribution in [0.25, 0.3) is 45.5 Å². The summed E-state index contributed by atoms with van der Waals surface area (Å²) in [4.78, 5) is 55.1. The summed E-state index contributed by atoms with van der Waals surface area (Å²) in [5.41, 5.74) is 10.1. The molecule has 0 aliphatic carbocycles. The zero-order valence-corrected chi connectivity index (χ0v) is 45.9. The van der Waals surface area contributed by atoms with Gasteiger partial charge in [-0.1, -0.05) is 144 Å². The molecule has 0 fully saturated rings. The molecule has 0 saturated carbocycles. The van der Waals surface area contributed by atoms with Crippen LogP contribution in [-0.4, -0.2) is 72.9 Å². The molecule has 17 heteroatoms. The largest absolute Gasteiger partial charge is 0.490 e. The van der Waals surface area contributed by atoms with E-state index in [0.717, 1.165) is 115 Å². The molecule has 0 bridgehead atoms. The van der Waals surface area contributed by atoms with Crippen LogP contribution < -0.4 is 20.6 Å². The number of H-pyrrole nitrogens is 1. The Morgan fingerprint density at radius 3 is 1.41 bits per heavy atom. The van der Waals surface area contributed by atoms with Crippen LogP contribution in [0.2, 0.25) is 0 Å². The van der Waals surface area contributed by atoms with Crippen molar-refractivity contribution in [3.63, 3.8) is 0 Å². The van der Waals surface area contributed by atoms with Gasteiger partial charge in [0.15, 0.2) is 11.5 Å². The maximum absolute atomic E-state index is 13.9. The highest BCUT2D eigenvalue weighted by Crippen LogP contribution is 2.31. The second-order valence-electron chi connectivity index (χ2n) is 19.2. The Balaban J connectivity index is 0.000000209. The third kappa shape index (κ3) is 14.1. The zero-order valence-electron chi connectivity index (χ0n) is 45.9. The molecule has 0 radical (unpaired) electrons. The molecule has 0 spiro atoms. The first kappa shape index (κ1) is 56.2. The van der Waals surface area contributed by atoms with Crippen LogP contribution in [0.5, 0.6) is 11.5 Å². The third-order valence-electron chi connectivity index (χ3n) is 13.4. The van der Waals surface area contributed by atoms with Crippen LogP contribution in [0.1, 0.15) is 130 Å². The Hall–Kier alpha value is -9.04. The number of rotatable bonds is 23. The highest BCUT2D eigenvalue weighted by molar-refractivity contribution is 5.80. The van der Waals surface area contributed by atoms with E-state index in [1.54, 1.807) is 24.8 Å². The molecule has 0 unspecified atom stereocenters. The summed E-state index contributed by atoms with van der Waals surface area (Å²) in [5, 5.41) is 24.0. The highest BCUT2D eigenvalue weighted by atomic mass is 16.5.